The molecule has 2 heterocycles. The second-order valence-corrected chi connectivity index (χ2v) is 7.78. The van der Waals surface area contributed by atoms with Crippen LogP contribution in [-0.4, -0.2) is 86.2 Å². The average Bonchev–Trinajstić information content (AvgIpc) is 2.74. The number of amides is 1. The van der Waals surface area contributed by atoms with Gasteiger partial charge in [0.25, 0.3) is 5.91 Å². The van der Waals surface area contributed by atoms with Gasteiger partial charge in [-0.05, 0) is 32.0 Å². The zero-order valence-corrected chi connectivity index (χ0v) is 17.2. The molecular weight excluding hydrogens is 395 g/mol. The molecule has 0 unspecified atom stereocenters. The minimum absolute atomic E-state index is 0.0233. The van der Waals surface area contributed by atoms with Crippen molar-refractivity contribution in [3.8, 4) is 11.8 Å². The van der Waals surface area contributed by atoms with E-state index in [1.807, 2.05) is 0 Å². The summed E-state index contributed by atoms with van der Waals surface area (Å²) in [5.41, 5.74) is -1.18. The first kappa shape index (κ1) is 22.6. The highest BCUT2D eigenvalue weighted by atomic mass is 19.4. The maximum Gasteiger partial charge on any atom is 0.417 e. The van der Waals surface area contributed by atoms with E-state index in [0.717, 1.165) is 38.8 Å². The molecule has 1 aromatic carbocycles. The molecule has 2 aliphatic heterocycles. The number of piperidine rings is 1. The number of hydrogen-bond donors (Lipinski definition) is 0. The fraction of sp³-hybridized carbons (Fsp3) is 0.591. The summed E-state index contributed by atoms with van der Waals surface area (Å²) < 4.78 is 45.3. The molecule has 3 rings (SSSR count). The molecule has 0 aliphatic carbocycles. The van der Waals surface area contributed by atoms with Crippen LogP contribution in [0, 0.1) is 11.8 Å². The molecular formula is C22H28F3N3O2. The molecule has 164 valence electrons. The minimum Gasteiger partial charge on any atom is -0.365 e. The molecule has 1 aromatic rings. The van der Waals surface area contributed by atoms with Crippen LogP contribution >= 0.6 is 0 Å². The van der Waals surface area contributed by atoms with Crippen molar-refractivity contribution >= 4 is 5.91 Å². The van der Waals surface area contributed by atoms with Crippen LogP contribution in [0.25, 0.3) is 0 Å². The van der Waals surface area contributed by atoms with Crippen molar-refractivity contribution in [2.75, 3.05) is 59.5 Å². The molecule has 0 bridgehead atoms. The third-order valence-corrected chi connectivity index (χ3v) is 5.61. The molecule has 5 nitrogen and oxygen atoms in total. The number of rotatable bonds is 4. The van der Waals surface area contributed by atoms with Gasteiger partial charge in [0.05, 0.1) is 23.8 Å². The highest BCUT2D eigenvalue weighted by molar-refractivity contribution is 5.96. The van der Waals surface area contributed by atoms with Crippen molar-refractivity contribution in [2.45, 2.75) is 25.1 Å². The van der Waals surface area contributed by atoms with Gasteiger partial charge < -0.3 is 14.5 Å². The second-order valence-electron chi connectivity index (χ2n) is 7.78. The molecule has 0 radical (unpaired) electrons. The number of likely N-dealkylation sites (N-methyl/N-ethyl adjacent to an activating group) is 1. The number of carbonyl (C=O) groups excluding carboxylic acids is 1. The summed E-state index contributed by atoms with van der Waals surface area (Å²) >= 11 is 0. The van der Waals surface area contributed by atoms with Crippen LogP contribution in [-0.2, 0) is 10.9 Å². The summed E-state index contributed by atoms with van der Waals surface area (Å²) in [5, 5.41) is 0. The Bertz CT molecular complexity index is 772. The lowest BCUT2D eigenvalue weighted by Gasteiger charge is -2.32. The predicted molar refractivity (Wildman–Crippen MR) is 108 cm³/mol. The summed E-state index contributed by atoms with van der Waals surface area (Å²) in [6.45, 7) is 6.00. The Morgan fingerprint density at radius 3 is 2.40 bits per heavy atom. The molecule has 8 heteroatoms. The number of nitrogens with zero attached hydrogens (tertiary/aromatic N) is 3. The smallest absolute Gasteiger partial charge is 0.365 e. The number of piperazine rings is 1. The van der Waals surface area contributed by atoms with Gasteiger partial charge in [0.15, 0.2) is 0 Å². The van der Waals surface area contributed by atoms with E-state index >= 15 is 0 Å². The van der Waals surface area contributed by atoms with Crippen molar-refractivity contribution < 1.29 is 22.7 Å². The number of hydrogen-bond acceptors (Lipinski definition) is 4. The minimum atomic E-state index is -4.55. The van der Waals surface area contributed by atoms with Gasteiger partial charge in [0, 0.05) is 39.3 Å². The largest absolute Gasteiger partial charge is 0.417 e. The Morgan fingerprint density at radius 2 is 1.73 bits per heavy atom. The number of halogens is 3. The molecule has 0 spiro atoms. The van der Waals surface area contributed by atoms with E-state index < -0.39 is 17.6 Å². The summed E-state index contributed by atoms with van der Waals surface area (Å²) in [7, 11) is 2.12. The number of carbonyl (C=O) groups is 1. The number of benzene rings is 1. The van der Waals surface area contributed by atoms with Crippen molar-refractivity contribution in [1.82, 2.24) is 14.7 Å². The monoisotopic (exact) mass is 423 g/mol. The Morgan fingerprint density at radius 1 is 1.07 bits per heavy atom. The molecule has 1 amide bonds. The van der Waals surface area contributed by atoms with Crippen LogP contribution in [0.4, 0.5) is 13.2 Å². The van der Waals surface area contributed by atoms with Crippen molar-refractivity contribution in [3.63, 3.8) is 0 Å². The quantitative estimate of drug-likeness (QED) is 0.698. The van der Waals surface area contributed by atoms with Gasteiger partial charge in [-0.2, -0.15) is 13.2 Å². The number of likely N-dealkylation sites (tertiary alicyclic amines) is 1. The van der Waals surface area contributed by atoms with E-state index in [-0.39, 0.29) is 11.7 Å². The van der Waals surface area contributed by atoms with Gasteiger partial charge in [-0.3, -0.25) is 9.69 Å². The first-order valence-electron chi connectivity index (χ1n) is 10.3. The maximum absolute atomic E-state index is 13.2. The normalized spacial score (nSPS) is 19.4. The SMILES string of the molecule is CN1CCN(CC#CCOC2CCN(C(=O)c3ccccc3C(F)(F)F)CC2)CC1. The highest BCUT2D eigenvalue weighted by Gasteiger charge is 2.36. The third kappa shape index (κ3) is 6.21. The predicted octanol–water partition coefficient (Wildman–Crippen LogP) is 2.58. The van der Waals surface area contributed by atoms with Crippen molar-refractivity contribution in [2.24, 2.45) is 0 Å². The Balaban J connectivity index is 1.41. The summed E-state index contributed by atoms with van der Waals surface area (Å²) in [4.78, 5) is 18.7. The molecule has 30 heavy (non-hydrogen) atoms. The topological polar surface area (TPSA) is 36.0 Å². The number of ether oxygens (including phenoxy) is 1. The lowest BCUT2D eigenvalue weighted by atomic mass is 10.0. The summed E-state index contributed by atoms with van der Waals surface area (Å²) in [5.74, 6) is 5.61. The highest BCUT2D eigenvalue weighted by Crippen LogP contribution is 2.32. The van der Waals surface area contributed by atoms with Gasteiger partial charge in [-0.1, -0.05) is 24.0 Å². The number of alkyl halides is 3. The Labute approximate surface area is 175 Å². The zero-order valence-electron chi connectivity index (χ0n) is 17.2. The molecule has 2 fully saturated rings. The molecule has 0 saturated carbocycles. The maximum atomic E-state index is 13.2. The van der Waals surface area contributed by atoms with Crippen LogP contribution in [0.5, 0.6) is 0 Å². The molecule has 0 atom stereocenters. The van der Waals surface area contributed by atoms with Crippen LogP contribution in [0.2, 0.25) is 0 Å². The average molecular weight is 423 g/mol. The van der Waals surface area contributed by atoms with E-state index in [1.54, 1.807) is 0 Å². The van der Waals surface area contributed by atoms with E-state index in [2.05, 4.69) is 28.7 Å². The van der Waals surface area contributed by atoms with Crippen LogP contribution < -0.4 is 0 Å². The molecule has 2 saturated heterocycles. The molecule has 2 aliphatic rings. The lowest BCUT2D eigenvalue weighted by molar-refractivity contribution is -0.138. The van der Waals surface area contributed by atoms with Crippen LogP contribution in [0.3, 0.4) is 0 Å². The second kappa shape index (κ2) is 10.3. The van der Waals surface area contributed by atoms with E-state index in [0.29, 0.717) is 32.5 Å². The third-order valence-electron chi connectivity index (χ3n) is 5.61. The molecule has 0 N–H and O–H groups in total. The molecule has 0 aromatic heterocycles. The summed E-state index contributed by atoms with van der Waals surface area (Å²) in [6, 6.07) is 4.94. The fourth-order valence-electron chi connectivity index (χ4n) is 3.70. The van der Waals surface area contributed by atoms with Crippen LogP contribution in [0.15, 0.2) is 24.3 Å². The van der Waals surface area contributed by atoms with Gasteiger partial charge in [0.1, 0.15) is 6.61 Å². The zero-order chi connectivity index (χ0) is 21.6. The van der Waals surface area contributed by atoms with Crippen LogP contribution in [0.1, 0.15) is 28.8 Å². The van der Waals surface area contributed by atoms with E-state index in [1.165, 1.54) is 23.1 Å². The Kier molecular flexibility index (Phi) is 7.75. The van der Waals surface area contributed by atoms with Crippen molar-refractivity contribution in [1.29, 1.82) is 0 Å². The van der Waals surface area contributed by atoms with Gasteiger partial charge in [-0.15, -0.1) is 0 Å². The van der Waals surface area contributed by atoms with E-state index in [9.17, 15) is 18.0 Å². The van der Waals surface area contributed by atoms with Crippen molar-refractivity contribution in [3.05, 3.63) is 35.4 Å². The Hall–Kier alpha value is -2.08. The van der Waals surface area contributed by atoms with Gasteiger partial charge >= 0.3 is 6.18 Å². The lowest BCUT2D eigenvalue weighted by Crippen LogP contribution is -2.44. The van der Waals surface area contributed by atoms with Gasteiger partial charge in [0.2, 0.25) is 0 Å². The standard InChI is InChI=1S/C22H28F3N3O2/c1-26-13-15-27(16-14-26)10-4-5-17-30-18-8-11-28(12-9-18)21(29)19-6-2-3-7-20(19)22(23,24)25/h2-3,6-7,18H,8-17H2,1H3. The summed E-state index contributed by atoms with van der Waals surface area (Å²) in [6.07, 6.45) is -3.37. The first-order valence-corrected chi connectivity index (χ1v) is 10.3. The fourth-order valence-corrected chi connectivity index (χ4v) is 3.70. The van der Waals surface area contributed by atoms with E-state index in [4.69, 9.17) is 4.74 Å². The van der Waals surface area contributed by atoms with Gasteiger partial charge in [-0.25, -0.2) is 0 Å². The first-order chi connectivity index (χ1) is 14.3.